The van der Waals surface area contributed by atoms with E-state index in [4.69, 9.17) is 17.3 Å². The normalized spacial score (nSPS) is 11.7. The van der Waals surface area contributed by atoms with Crippen molar-refractivity contribution in [2.24, 2.45) is 5.73 Å². The van der Waals surface area contributed by atoms with Gasteiger partial charge in [0.15, 0.2) is 0 Å². The number of nitrogens with zero attached hydrogens (tertiary/aromatic N) is 4. The van der Waals surface area contributed by atoms with Crippen molar-refractivity contribution in [2.75, 3.05) is 26.7 Å². The van der Waals surface area contributed by atoms with Crippen LogP contribution < -0.4 is 5.73 Å². The van der Waals surface area contributed by atoms with Crippen LogP contribution in [-0.2, 0) is 6.42 Å². The van der Waals surface area contributed by atoms with E-state index in [1.54, 1.807) is 0 Å². The number of nitrogens with two attached hydrogens (primary N) is 1. The number of unbranched alkanes of at least 4 members (excludes halogenated alkanes) is 1. The van der Waals surface area contributed by atoms with E-state index in [1.165, 1.54) is 43.5 Å². The number of fused-ring (bicyclic) bond motifs is 1. The third-order valence-corrected chi connectivity index (χ3v) is 6.26. The fourth-order valence-electron chi connectivity index (χ4n) is 4.09. The highest BCUT2D eigenvalue weighted by Crippen LogP contribution is 2.33. The first kappa shape index (κ1) is 37.8. The lowest BCUT2D eigenvalue weighted by atomic mass is 10.0. The molecule has 2 aromatic heterocycles. The Morgan fingerprint density at radius 1 is 1.02 bits per heavy atom. The Balaban J connectivity index is 0.000000789. The maximum Gasteiger partial charge on any atom is 0.386 e. The lowest BCUT2D eigenvalue weighted by Crippen LogP contribution is -2.19. The van der Waals surface area contributed by atoms with Gasteiger partial charge in [-0.3, -0.25) is 0 Å². The van der Waals surface area contributed by atoms with E-state index in [1.807, 2.05) is 20.0 Å². The van der Waals surface area contributed by atoms with E-state index >= 15 is 0 Å². The zero-order valence-corrected chi connectivity index (χ0v) is 26.5. The predicted molar refractivity (Wildman–Crippen MR) is 166 cm³/mol. The van der Waals surface area contributed by atoms with E-state index < -0.39 is 6.18 Å². The van der Waals surface area contributed by atoms with Gasteiger partial charge in [0.2, 0.25) is 5.28 Å². The summed E-state index contributed by atoms with van der Waals surface area (Å²) in [5.74, 6) is 0. The van der Waals surface area contributed by atoms with Crippen molar-refractivity contribution in [3.63, 3.8) is 0 Å². The maximum atomic E-state index is 10.4. The molecule has 1 aromatic carbocycles. The molecule has 1 atom stereocenters. The Morgan fingerprint density at radius 3 is 2.10 bits per heavy atom. The molecule has 2 heterocycles. The Labute approximate surface area is 245 Å². The van der Waals surface area contributed by atoms with Crippen molar-refractivity contribution in [2.45, 2.75) is 99.2 Å². The van der Waals surface area contributed by atoms with E-state index in [-0.39, 0.29) is 12.2 Å². The first-order chi connectivity index (χ1) is 19.0. The van der Waals surface area contributed by atoms with Gasteiger partial charge in [0.25, 0.3) is 0 Å². The van der Waals surface area contributed by atoms with Crippen molar-refractivity contribution >= 4 is 22.6 Å². The average molecular weight is 586 g/mol. The quantitative estimate of drug-likeness (QED) is 0.228. The van der Waals surface area contributed by atoms with Gasteiger partial charge in [0, 0.05) is 36.3 Å². The van der Waals surface area contributed by atoms with Crippen LogP contribution in [0.2, 0.25) is 5.28 Å². The molecule has 0 saturated heterocycles. The summed E-state index contributed by atoms with van der Waals surface area (Å²) in [6.07, 6.45) is 6.87. The van der Waals surface area contributed by atoms with Gasteiger partial charge in [-0.2, -0.15) is 18.2 Å². The number of rotatable bonds is 11. The first-order valence-corrected chi connectivity index (χ1v) is 14.9. The lowest BCUT2D eigenvalue weighted by molar-refractivity contribution is -0.110. The van der Waals surface area contributed by atoms with Crippen molar-refractivity contribution < 1.29 is 13.2 Å². The molecule has 0 saturated carbocycles. The van der Waals surface area contributed by atoms with E-state index in [9.17, 15) is 13.2 Å². The van der Waals surface area contributed by atoms with Gasteiger partial charge in [-0.25, -0.2) is 4.98 Å². The van der Waals surface area contributed by atoms with Crippen LogP contribution in [0.25, 0.3) is 22.2 Å². The highest BCUT2D eigenvalue weighted by Gasteiger charge is 2.18. The SMILES string of the molecule is CC.CC(F)(F)F.CCCCN(C)CCC.CCc1ccc(-c2cn(C(CC)CCN)c3nc(Cl)ncc23)cc1. The maximum absolute atomic E-state index is 10.4. The highest BCUT2D eigenvalue weighted by molar-refractivity contribution is 6.28. The molecule has 9 heteroatoms. The monoisotopic (exact) mass is 585 g/mol. The molecule has 0 fully saturated rings. The topological polar surface area (TPSA) is 60.0 Å². The standard InChI is InChI=1S/C19H23ClN4.C8H19N.C2H3F3.C2H6/c1-3-13-5-7-14(8-6-13)17-12-24(15(4-2)9-10-21)18-16(17)11-22-19(20)23-18;1-4-6-8-9(3)7-5-2;1-2(3,4)5;1-2/h5-8,11-12,15H,3-4,9-10,21H2,1-2H3;4-8H2,1-3H3;1H3;1-2H3. The second-order valence-corrected chi connectivity index (χ2v) is 9.79. The van der Waals surface area contributed by atoms with Crippen LogP contribution in [0.4, 0.5) is 13.2 Å². The molecule has 0 aliphatic heterocycles. The highest BCUT2D eigenvalue weighted by atomic mass is 35.5. The summed E-state index contributed by atoms with van der Waals surface area (Å²) >= 11 is 6.05. The molecule has 0 bridgehead atoms. The molecule has 3 aromatic rings. The van der Waals surface area contributed by atoms with E-state index in [0.29, 0.717) is 12.6 Å². The van der Waals surface area contributed by atoms with Crippen LogP contribution in [0.15, 0.2) is 36.7 Å². The molecule has 228 valence electrons. The Kier molecular flexibility index (Phi) is 19.6. The molecule has 3 rings (SSSR count). The number of aryl methyl sites for hydroxylation is 1. The van der Waals surface area contributed by atoms with Crippen LogP contribution >= 0.6 is 11.6 Å². The summed E-state index contributed by atoms with van der Waals surface area (Å²) in [4.78, 5) is 11.1. The summed E-state index contributed by atoms with van der Waals surface area (Å²) in [6, 6.07) is 8.98. The minimum absolute atomic E-state index is 0.188. The fourth-order valence-corrected chi connectivity index (χ4v) is 4.22. The molecular weight excluding hydrogens is 535 g/mol. The Hall–Kier alpha value is -2.16. The number of hydrogen-bond acceptors (Lipinski definition) is 4. The van der Waals surface area contributed by atoms with Crippen LogP contribution in [0, 0.1) is 0 Å². The van der Waals surface area contributed by atoms with Crippen molar-refractivity contribution in [1.29, 1.82) is 0 Å². The van der Waals surface area contributed by atoms with Crippen molar-refractivity contribution in [3.8, 4) is 11.1 Å². The van der Waals surface area contributed by atoms with Crippen LogP contribution in [-0.4, -0.2) is 52.3 Å². The zero-order valence-electron chi connectivity index (χ0n) is 25.8. The molecule has 0 radical (unpaired) electrons. The number of alkyl halides is 3. The third-order valence-electron chi connectivity index (χ3n) is 6.08. The van der Waals surface area contributed by atoms with Crippen LogP contribution in [0.3, 0.4) is 0 Å². The minimum atomic E-state index is -4.00. The second kappa shape index (κ2) is 20.7. The van der Waals surface area contributed by atoms with Gasteiger partial charge in [-0.15, -0.1) is 0 Å². The van der Waals surface area contributed by atoms with Gasteiger partial charge in [-0.05, 0) is 81.5 Å². The molecule has 5 nitrogen and oxygen atoms in total. The van der Waals surface area contributed by atoms with Gasteiger partial charge >= 0.3 is 6.18 Å². The first-order valence-electron chi connectivity index (χ1n) is 14.6. The molecular formula is C31H51ClF3N5. The summed E-state index contributed by atoms with van der Waals surface area (Å²) < 4.78 is 33.3. The molecule has 40 heavy (non-hydrogen) atoms. The number of halogens is 4. The second-order valence-electron chi connectivity index (χ2n) is 9.45. The summed E-state index contributed by atoms with van der Waals surface area (Å²) in [5.41, 5.74) is 10.3. The molecule has 0 aliphatic carbocycles. The molecule has 1 unspecified atom stereocenters. The third kappa shape index (κ3) is 14.5. The van der Waals surface area contributed by atoms with Crippen LogP contribution in [0.5, 0.6) is 0 Å². The van der Waals surface area contributed by atoms with E-state index in [2.05, 4.69) is 84.6 Å². The average Bonchev–Trinajstić information content (AvgIpc) is 3.29. The van der Waals surface area contributed by atoms with E-state index in [0.717, 1.165) is 35.9 Å². The van der Waals surface area contributed by atoms with Gasteiger partial charge in [-0.1, -0.05) is 72.2 Å². The largest absolute Gasteiger partial charge is 0.386 e. The van der Waals surface area contributed by atoms with Gasteiger partial charge in [0.1, 0.15) is 5.65 Å². The summed E-state index contributed by atoms with van der Waals surface area (Å²) in [5, 5.41) is 1.30. The minimum Gasteiger partial charge on any atom is -0.330 e. The fraction of sp³-hybridized carbons (Fsp3) is 0.613. The smallest absolute Gasteiger partial charge is 0.330 e. The lowest BCUT2D eigenvalue weighted by Gasteiger charge is -2.16. The number of aromatic nitrogens is 3. The molecule has 0 amide bonds. The number of benzene rings is 1. The van der Waals surface area contributed by atoms with Crippen molar-refractivity contribution in [3.05, 3.63) is 47.5 Å². The number of hydrogen-bond donors (Lipinski definition) is 1. The summed E-state index contributed by atoms with van der Waals surface area (Å²) in [7, 11) is 2.19. The zero-order chi connectivity index (χ0) is 30.7. The predicted octanol–water partition coefficient (Wildman–Crippen LogP) is 9.34. The van der Waals surface area contributed by atoms with Crippen LogP contribution in [0.1, 0.15) is 92.2 Å². The molecule has 2 N–H and O–H groups in total. The Bertz CT molecular complexity index is 1050. The summed E-state index contributed by atoms with van der Waals surface area (Å²) in [6.45, 7) is 16.1. The molecule has 0 spiro atoms. The molecule has 0 aliphatic rings. The van der Waals surface area contributed by atoms with Crippen molar-refractivity contribution in [1.82, 2.24) is 19.4 Å². The van der Waals surface area contributed by atoms with Gasteiger partial charge in [0.05, 0.1) is 0 Å². The van der Waals surface area contributed by atoms with Gasteiger partial charge < -0.3 is 15.2 Å². The Morgan fingerprint density at radius 2 is 1.62 bits per heavy atom.